The van der Waals surface area contributed by atoms with E-state index in [2.05, 4.69) is 46.6 Å². The van der Waals surface area contributed by atoms with Crippen molar-refractivity contribution in [3.05, 3.63) is 53.6 Å². The highest BCUT2D eigenvalue weighted by atomic mass is 16.5. The first-order chi connectivity index (χ1) is 14.1. The fourth-order valence-corrected chi connectivity index (χ4v) is 3.96. The molecule has 5 heteroatoms. The smallest absolute Gasteiger partial charge is 0.217 e. The third kappa shape index (κ3) is 5.03. The van der Waals surface area contributed by atoms with Crippen LogP contribution in [0.2, 0.25) is 0 Å². The van der Waals surface area contributed by atoms with E-state index in [-0.39, 0.29) is 5.91 Å². The average Bonchev–Trinajstić information content (AvgIpc) is 3.57. The van der Waals surface area contributed by atoms with Crippen LogP contribution in [-0.2, 0) is 11.3 Å². The molecule has 154 valence electrons. The van der Waals surface area contributed by atoms with Gasteiger partial charge in [0.25, 0.3) is 0 Å². The predicted molar refractivity (Wildman–Crippen MR) is 115 cm³/mol. The Kier molecular flexibility index (Phi) is 5.93. The van der Waals surface area contributed by atoms with E-state index in [4.69, 9.17) is 9.47 Å². The number of hydrogen-bond acceptors (Lipinski definition) is 4. The number of carbonyl (C=O) groups is 1. The van der Waals surface area contributed by atoms with Gasteiger partial charge < -0.3 is 19.7 Å². The van der Waals surface area contributed by atoms with Gasteiger partial charge in [-0.15, -0.1) is 0 Å². The molecule has 5 nitrogen and oxygen atoms in total. The van der Waals surface area contributed by atoms with Crippen LogP contribution in [-0.4, -0.2) is 32.2 Å². The monoisotopic (exact) mass is 394 g/mol. The highest BCUT2D eigenvalue weighted by Gasteiger charge is 2.25. The third-order valence-corrected chi connectivity index (χ3v) is 5.81. The average molecular weight is 395 g/mol. The summed E-state index contributed by atoms with van der Waals surface area (Å²) in [7, 11) is 1.73. The summed E-state index contributed by atoms with van der Waals surface area (Å²) in [5.41, 5.74) is 3.68. The predicted octanol–water partition coefficient (Wildman–Crippen LogP) is 4.26. The van der Waals surface area contributed by atoms with Crippen LogP contribution in [0.4, 0.5) is 5.69 Å². The lowest BCUT2D eigenvalue weighted by molar-refractivity contribution is -0.119. The number of methoxy groups -OCH3 is 1. The van der Waals surface area contributed by atoms with Crippen molar-refractivity contribution in [2.24, 2.45) is 0 Å². The number of piperidine rings is 1. The number of carbonyl (C=O) groups excluding carboxylic acids is 1. The van der Waals surface area contributed by atoms with Crippen LogP contribution in [0.1, 0.15) is 49.7 Å². The van der Waals surface area contributed by atoms with Crippen molar-refractivity contribution in [1.82, 2.24) is 5.32 Å². The van der Waals surface area contributed by atoms with Gasteiger partial charge in [-0.2, -0.15) is 0 Å². The molecular weight excluding hydrogens is 364 g/mol. The minimum atomic E-state index is 0.00371. The van der Waals surface area contributed by atoms with Gasteiger partial charge in [0.1, 0.15) is 11.5 Å². The van der Waals surface area contributed by atoms with Crippen LogP contribution in [0.5, 0.6) is 11.5 Å². The van der Waals surface area contributed by atoms with Gasteiger partial charge in [-0.3, -0.25) is 4.79 Å². The van der Waals surface area contributed by atoms with Crippen molar-refractivity contribution in [1.29, 1.82) is 0 Å². The topological polar surface area (TPSA) is 50.8 Å². The molecule has 1 amide bonds. The van der Waals surface area contributed by atoms with E-state index in [0.29, 0.717) is 18.6 Å². The second kappa shape index (κ2) is 8.76. The van der Waals surface area contributed by atoms with Gasteiger partial charge in [-0.1, -0.05) is 24.3 Å². The number of rotatable bonds is 7. The molecule has 2 aliphatic rings. The van der Waals surface area contributed by atoms with Crippen molar-refractivity contribution in [3.63, 3.8) is 0 Å². The minimum Gasteiger partial charge on any atom is -0.494 e. The van der Waals surface area contributed by atoms with E-state index in [1.807, 2.05) is 6.07 Å². The maximum absolute atomic E-state index is 11.1. The lowest BCUT2D eigenvalue weighted by atomic mass is 9.88. The molecule has 0 bridgehead atoms. The number of ether oxygens (including phenoxy) is 2. The minimum absolute atomic E-state index is 0.00371. The van der Waals surface area contributed by atoms with Gasteiger partial charge in [-0.05, 0) is 54.9 Å². The zero-order valence-corrected chi connectivity index (χ0v) is 17.3. The van der Waals surface area contributed by atoms with Gasteiger partial charge >= 0.3 is 0 Å². The zero-order chi connectivity index (χ0) is 20.2. The van der Waals surface area contributed by atoms with Crippen LogP contribution in [0, 0.1) is 0 Å². The zero-order valence-electron chi connectivity index (χ0n) is 17.3. The van der Waals surface area contributed by atoms with Gasteiger partial charge in [0.2, 0.25) is 5.91 Å². The van der Waals surface area contributed by atoms with E-state index in [1.54, 1.807) is 14.0 Å². The van der Waals surface area contributed by atoms with Crippen LogP contribution in [0.25, 0.3) is 0 Å². The number of anilines is 1. The molecule has 2 fully saturated rings. The number of benzene rings is 2. The van der Waals surface area contributed by atoms with Crippen molar-refractivity contribution in [2.45, 2.75) is 51.2 Å². The van der Waals surface area contributed by atoms with E-state index in [9.17, 15) is 4.79 Å². The molecule has 1 saturated carbocycles. The maximum Gasteiger partial charge on any atom is 0.217 e. The SMILES string of the molecule is COc1cc(OC2CC2)ccc1N1CCC(c2ccc(CNC(C)=O)cc2)CC1. The van der Waals surface area contributed by atoms with Crippen molar-refractivity contribution in [2.75, 3.05) is 25.1 Å². The lowest BCUT2D eigenvalue weighted by Gasteiger charge is -2.34. The Labute approximate surface area is 173 Å². The summed E-state index contributed by atoms with van der Waals surface area (Å²) in [6.07, 6.45) is 4.95. The van der Waals surface area contributed by atoms with Gasteiger partial charge in [-0.25, -0.2) is 0 Å². The molecule has 1 heterocycles. The normalized spacial score (nSPS) is 17.1. The largest absolute Gasteiger partial charge is 0.494 e. The molecule has 4 rings (SSSR count). The molecule has 0 spiro atoms. The lowest BCUT2D eigenvalue weighted by Crippen LogP contribution is -2.33. The molecule has 1 N–H and O–H groups in total. The molecule has 0 aromatic heterocycles. The first kappa shape index (κ1) is 19.6. The summed E-state index contributed by atoms with van der Waals surface area (Å²) < 4.78 is 11.6. The Morgan fingerprint density at radius 2 is 1.79 bits per heavy atom. The number of nitrogens with zero attached hydrogens (tertiary/aromatic N) is 1. The Morgan fingerprint density at radius 3 is 2.41 bits per heavy atom. The van der Waals surface area contributed by atoms with Gasteiger partial charge in [0.05, 0.1) is 18.9 Å². The Bertz CT molecular complexity index is 838. The summed E-state index contributed by atoms with van der Waals surface area (Å²) in [5.74, 6) is 2.37. The number of nitrogens with one attached hydrogen (secondary N) is 1. The molecule has 0 radical (unpaired) electrons. The van der Waals surface area contributed by atoms with Crippen LogP contribution >= 0.6 is 0 Å². The van der Waals surface area contributed by atoms with E-state index < -0.39 is 0 Å². The summed E-state index contributed by atoms with van der Waals surface area (Å²) in [5, 5.41) is 2.85. The van der Waals surface area contributed by atoms with Crippen LogP contribution < -0.4 is 19.7 Å². The molecule has 2 aromatic carbocycles. The van der Waals surface area contributed by atoms with Crippen LogP contribution in [0.15, 0.2) is 42.5 Å². The Balaban J connectivity index is 1.36. The highest BCUT2D eigenvalue weighted by Crippen LogP contribution is 2.38. The third-order valence-electron chi connectivity index (χ3n) is 5.81. The molecule has 0 atom stereocenters. The molecule has 2 aromatic rings. The molecule has 0 unspecified atom stereocenters. The standard InChI is InChI=1S/C24H30N2O3/c1-17(27)25-16-18-3-5-19(6-4-18)20-11-13-26(14-12-20)23-10-9-22(15-24(23)28-2)29-21-7-8-21/h3-6,9-10,15,20-21H,7-8,11-14,16H2,1-2H3,(H,25,27). The van der Waals surface area contributed by atoms with Crippen molar-refractivity contribution in [3.8, 4) is 11.5 Å². The highest BCUT2D eigenvalue weighted by molar-refractivity contribution is 5.72. The second-order valence-electron chi connectivity index (χ2n) is 8.06. The Morgan fingerprint density at radius 1 is 1.07 bits per heavy atom. The Hall–Kier alpha value is -2.69. The first-order valence-corrected chi connectivity index (χ1v) is 10.6. The first-order valence-electron chi connectivity index (χ1n) is 10.6. The molecule has 1 saturated heterocycles. The van der Waals surface area contributed by atoms with Crippen molar-refractivity contribution < 1.29 is 14.3 Å². The van der Waals surface area contributed by atoms with E-state index >= 15 is 0 Å². The summed E-state index contributed by atoms with van der Waals surface area (Å²) in [6, 6.07) is 14.9. The fraction of sp³-hybridized carbons (Fsp3) is 0.458. The van der Waals surface area contributed by atoms with Gasteiger partial charge in [0, 0.05) is 32.6 Å². The fourth-order valence-electron chi connectivity index (χ4n) is 3.96. The molecule has 1 aliphatic carbocycles. The molecular formula is C24H30N2O3. The number of amides is 1. The second-order valence-corrected chi connectivity index (χ2v) is 8.06. The summed E-state index contributed by atoms with van der Waals surface area (Å²) in [6.45, 7) is 4.16. The van der Waals surface area contributed by atoms with E-state index in [1.165, 1.54) is 5.56 Å². The van der Waals surface area contributed by atoms with Crippen LogP contribution in [0.3, 0.4) is 0 Å². The van der Waals surface area contributed by atoms with E-state index in [0.717, 1.165) is 61.5 Å². The summed E-state index contributed by atoms with van der Waals surface area (Å²) in [4.78, 5) is 13.5. The van der Waals surface area contributed by atoms with Crippen molar-refractivity contribution >= 4 is 11.6 Å². The summed E-state index contributed by atoms with van der Waals surface area (Å²) >= 11 is 0. The molecule has 29 heavy (non-hydrogen) atoms. The quantitative estimate of drug-likeness (QED) is 0.763. The molecule has 1 aliphatic heterocycles. The number of hydrogen-bond donors (Lipinski definition) is 1. The maximum atomic E-state index is 11.1. The van der Waals surface area contributed by atoms with Gasteiger partial charge in [0.15, 0.2) is 0 Å².